The number of benzene rings is 3. The number of aryl methyl sites for hydroxylation is 1. The third-order valence-corrected chi connectivity index (χ3v) is 5.30. The van der Waals surface area contributed by atoms with Crippen molar-refractivity contribution < 1.29 is 18.7 Å². The third kappa shape index (κ3) is 4.27. The van der Waals surface area contributed by atoms with Crippen molar-refractivity contribution in [2.24, 2.45) is 0 Å². The van der Waals surface area contributed by atoms with Crippen LogP contribution in [-0.2, 0) is 6.42 Å². The lowest BCUT2D eigenvalue weighted by atomic mass is 10.1. The fourth-order valence-corrected chi connectivity index (χ4v) is 3.74. The van der Waals surface area contributed by atoms with Gasteiger partial charge in [-0.25, -0.2) is 9.37 Å². The number of carbonyl (C=O) groups is 1. The maximum absolute atomic E-state index is 13.7. The summed E-state index contributed by atoms with van der Waals surface area (Å²) in [4.78, 5) is 17.2. The number of nitrogens with zero attached hydrogens (tertiary/aromatic N) is 2. The van der Waals surface area contributed by atoms with E-state index >= 15 is 0 Å². The molecule has 0 atom stereocenters. The molecule has 7 heteroatoms. The van der Waals surface area contributed by atoms with Gasteiger partial charge >= 0.3 is 0 Å². The number of aromatic nitrogens is 2. The summed E-state index contributed by atoms with van der Waals surface area (Å²) in [5.74, 6) is 1.56. The normalized spacial score (nSPS) is 10.9. The Balaban J connectivity index is 1.48. The number of carbonyl (C=O) groups excluding carboxylic acids is 1. The lowest BCUT2D eigenvalue weighted by Crippen LogP contribution is -2.25. The van der Waals surface area contributed by atoms with Crippen LogP contribution in [0.4, 0.5) is 4.39 Å². The van der Waals surface area contributed by atoms with Gasteiger partial charge in [0.15, 0.2) is 11.5 Å². The number of hydrogen-bond donors (Lipinski definition) is 1. The highest BCUT2D eigenvalue weighted by molar-refractivity contribution is 5.97. The summed E-state index contributed by atoms with van der Waals surface area (Å²) >= 11 is 0. The minimum Gasteiger partial charge on any atom is -0.493 e. The van der Waals surface area contributed by atoms with E-state index < -0.39 is 0 Å². The van der Waals surface area contributed by atoms with Gasteiger partial charge in [-0.3, -0.25) is 9.36 Å². The second kappa shape index (κ2) is 9.09. The predicted molar refractivity (Wildman–Crippen MR) is 121 cm³/mol. The van der Waals surface area contributed by atoms with Crippen molar-refractivity contribution >= 4 is 16.9 Å². The minimum atomic E-state index is -0.311. The van der Waals surface area contributed by atoms with Crippen molar-refractivity contribution in [1.82, 2.24) is 14.9 Å². The summed E-state index contributed by atoms with van der Waals surface area (Å²) in [6, 6.07) is 17.4. The molecule has 1 heterocycles. The van der Waals surface area contributed by atoms with Crippen LogP contribution in [0.2, 0.25) is 0 Å². The molecule has 0 spiro atoms. The van der Waals surface area contributed by atoms with Crippen LogP contribution >= 0.6 is 0 Å². The first-order chi connectivity index (χ1) is 15.5. The van der Waals surface area contributed by atoms with Gasteiger partial charge in [0.25, 0.3) is 5.91 Å². The van der Waals surface area contributed by atoms with Crippen LogP contribution in [0.1, 0.15) is 21.7 Å². The highest BCUT2D eigenvalue weighted by atomic mass is 19.1. The Morgan fingerprint density at radius 3 is 2.59 bits per heavy atom. The first-order valence-electron chi connectivity index (χ1n) is 10.2. The van der Waals surface area contributed by atoms with Crippen molar-refractivity contribution in [3.8, 4) is 17.2 Å². The summed E-state index contributed by atoms with van der Waals surface area (Å²) in [6.45, 7) is 2.33. The zero-order chi connectivity index (χ0) is 22.7. The maximum atomic E-state index is 13.7. The average molecular weight is 433 g/mol. The van der Waals surface area contributed by atoms with Crippen molar-refractivity contribution in [3.05, 3.63) is 83.4 Å². The molecular formula is C25H24FN3O3. The lowest BCUT2D eigenvalue weighted by molar-refractivity contribution is 0.0954. The van der Waals surface area contributed by atoms with E-state index in [4.69, 9.17) is 9.47 Å². The third-order valence-electron chi connectivity index (χ3n) is 5.30. The molecule has 6 nitrogen and oxygen atoms in total. The zero-order valence-electron chi connectivity index (χ0n) is 18.2. The van der Waals surface area contributed by atoms with Gasteiger partial charge in [-0.2, -0.15) is 0 Å². The number of methoxy groups -OCH3 is 2. The van der Waals surface area contributed by atoms with Gasteiger partial charge in [0.2, 0.25) is 0 Å². The molecule has 4 aromatic rings. The molecule has 1 aromatic heterocycles. The number of hydrogen-bond acceptors (Lipinski definition) is 4. The van der Waals surface area contributed by atoms with Crippen molar-refractivity contribution in [3.63, 3.8) is 0 Å². The quantitative estimate of drug-likeness (QED) is 0.467. The van der Waals surface area contributed by atoms with Crippen LogP contribution < -0.4 is 14.8 Å². The van der Waals surface area contributed by atoms with Crippen molar-refractivity contribution in [2.75, 3.05) is 20.8 Å². The van der Waals surface area contributed by atoms with E-state index in [1.165, 1.54) is 12.1 Å². The monoisotopic (exact) mass is 433 g/mol. The number of ether oxygens (including phenoxy) is 2. The largest absolute Gasteiger partial charge is 0.493 e. The molecule has 0 fully saturated rings. The lowest BCUT2D eigenvalue weighted by Gasteiger charge is -2.10. The number of amides is 1. The van der Waals surface area contributed by atoms with Crippen LogP contribution in [-0.4, -0.2) is 36.2 Å². The maximum Gasteiger partial charge on any atom is 0.251 e. The molecule has 0 unspecified atom stereocenters. The number of imidazole rings is 1. The molecule has 0 aliphatic carbocycles. The fraction of sp³-hybridized carbons (Fsp3) is 0.200. The standard InChI is InChI=1S/C25H24FN3O3/c1-16-28-21-14-18(8-9-22(21)29(16)20-6-4-5-19(26)15-20)25(30)27-12-11-17-7-10-23(31-2)24(13-17)32-3/h4-10,13-15H,11-12H2,1-3H3,(H,27,30). The number of fused-ring (bicyclic) bond motifs is 1. The Hall–Kier alpha value is -3.87. The SMILES string of the molecule is COc1ccc(CCNC(=O)c2ccc3c(c2)nc(C)n3-c2cccc(F)c2)cc1OC. The average Bonchev–Trinajstić information content (AvgIpc) is 3.13. The van der Waals surface area contributed by atoms with Crippen molar-refractivity contribution in [1.29, 1.82) is 0 Å². The molecule has 4 rings (SSSR count). The number of nitrogens with one attached hydrogen (secondary N) is 1. The summed E-state index contributed by atoms with van der Waals surface area (Å²) < 4.78 is 26.1. The van der Waals surface area contributed by atoms with Gasteiger partial charge in [0.1, 0.15) is 11.6 Å². The van der Waals surface area contributed by atoms with Gasteiger partial charge in [-0.1, -0.05) is 12.1 Å². The molecular weight excluding hydrogens is 409 g/mol. The van der Waals surface area contributed by atoms with Crippen LogP contribution in [0, 0.1) is 12.7 Å². The topological polar surface area (TPSA) is 65.4 Å². The second-order valence-corrected chi connectivity index (χ2v) is 7.37. The van der Waals surface area contributed by atoms with E-state index in [2.05, 4.69) is 10.3 Å². The Morgan fingerprint density at radius 2 is 1.84 bits per heavy atom. The molecule has 164 valence electrons. The van der Waals surface area contributed by atoms with Gasteiger partial charge in [-0.15, -0.1) is 0 Å². The zero-order valence-corrected chi connectivity index (χ0v) is 18.2. The molecule has 3 aromatic carbocycles. The number of rotatable bonds is 7. The Labute approximate surface area is 185 Å². The van der Waals surface area contributed by atoms with E-state index in [0.717, 1.165) is 16.9 Å². The summed E-state index contributed by atoms with van der Waals surface area (Å²) in [7, 11) is 3.19. The first-order valence-corrected chi connectivity index (χ1v) is 10.2. The minimum absolute atomic E-state index is 0.176. The highest BCUT2D eigenvalue weighted by Gasteiger charge is 2.13. The second-order valence-electron chi connectivity index (χ2n) is 7.37. The molecule has 0 saturated heterocycles. The molecule has 1 amide bonds. The van der Waals surface area contributed by atoms with Crippen molar-refractivity contribution in [2.45, 2.75) is 13.3 Å². The number of halogens is 1. The Bertz CT molecular complexity index is 1280. The molecule has 0 aliphatic heterocycles. The molecule has 0 aliphatic rings. The van der Waals surface area contributed by atoms with Crippen LogP contribution in [0.5, 0.6) is 11.5 Å². The van der Waals surface area contributed by atoms with E-state index in [-0.39, 0.29) is 11.7 Å². The molecule has 0 radical (unpaired) electrons. The molecule has 0 bridgehead atoms. The fourth-order valence-electron chi connectivity index (χ4n) is 3.74. The van der Waals surface area contributed by atoms with Gasteiger partial charge in [0.05, 0.1) is 30.9 Å². The van der Waals surface area contributed by atoms with Crippen LogP contribution in [0.3, 0.4) is 0 Å². The Morgan fingerprint density at radius 1 is 1.03 bits per heavy atom. The summed E-state index contributed by atoms with van der Waals surface area (Å²) in [5.41, 5.74) is 3.74. The molecule has 1 N–H and O–H groups in total. The summed E-state index contributed by atoms with van der Waals surface area (Å²) in [5, 5.41) is 2.94. The van der Waals surface area contributed by atoms with E-state index in [9.17, 15) is 9.18 Å². The van der Waals surface area contributed by atoms with E-state index in [0.29, 0.717) is 41.2 Å². The molecule has 0 saturated carbocycles. The highest BCUT2D eigenvalue weighted by Crippen LogP contribution is 2.27. The van der Waals surface area contributed by atoms with Gasteiger partial charge in [0, 0.05) is 12.1 Å². The van der Waals surface area contributed by atoms with E-state index in [1.54, 1.807) is 32.4 Å². The Kier molecular flexibility index (Phi) is 6.07. The molecule has 32 heavy (non-hydrogen) atoms. The summed E-state index contributed by atoms with van der Waals surface area (Å²) in [6.07, 6.45) is 0.654. The van der Waals surface area contributed by atoms with E-state index in [1.807, 2.05) is 41.8 Å². The van der Waals surface area contributed by atoms with Gasteiger partial charge < -0.3 is 14.8 Å². The predicted octanol–water partition coefficient (Wildman–Crippen LogP) is 4.46. The van der Waals surface area contributed by atoms with Crippen LogP contribution in [0.25, 0.3) is 16.7 Å². The van der Waals surface area contributed by atoms with Crippen LogP contribution in [0.15, 0.2) is 60.7 Å². The first kappa shape index (κ1) is 21.4. The smallest absolute Gasteiger partial charge is 0.251 e. The van der Waals surface area contributed by atoms with Gasteiger partial charge in [-0.05, 0) is 67.4 Å².